The first kappa shape index (κ1) is 13.9. The zero-order valence-corrected chi connectivity index (χ0v) is 11.6. The van der Waals surface area contributed by atoms with Gasteiger partial charge in [0, 0.05) is 11.1 Å². The van der Waals surface area contributed by atoms with E-state index in [1.807, 2.05) is 18.2 Å². The number of hydrogen-bond donors (Lipinski definition) is 2. The van der Waals surface area contributed by atoms with Gasteiger partial charge in [0.15, 0.2) is 0 Å². The Kier molecular flexibility index (Phi) is 5.48. The van der Waals surface area contributed by atoms with Crippen LogP contribution < -0.4 is 11.3 Å². The van der Waals surface area contributed by atoms with E-state index in [2.05, 4.69) is 11.5 Å². The third kappa shape index (κ3) is 3.71. The number of nitrogens with two attached hydrogens (primary N) is 1. The van der Waals surface area contributed by atoms with Gasteiger partial charge in [-0.2, -0.15) is 0 Å². The second-order valence-corrected chi connectivity index (χ2v) is 5.74. The largest absolute Gasteiger partial charge is 0.271 e. The van der Waals surface area contributed by atoms with Crippen LogP contribution in [-0.4, -0.2) is 0 Å². The maximum Gasteiger partial charge on any atom is 0.0488 e. The van der Waals surface area contributed by atoms with Crippen molar-refractivity contribution in [3.05, 3.63) is 34.9 Å². The van der Waals surface area contributed by atoms with Crippen LogP contribution in [0.15, 0.2) is 24.3 Å². The van der Waals surface area contributed by atoms with Crippen LogP contribution in [0.2, 0.25) is 5.02 Å². The summed E-state index contributed by atoms with van der Waals surface area (Å²) in [4.78, 5) is 0. The van der Waals surface area contributed by atoms with Gasteiger partial charge in [0.1, 0.15) is 0 Å². The third-order valence-corrected chi connectivity index (χ3v) is 4.24. The highest BCUT2D eigenvalue weighted by Gasteiger charge is 2.22. The molecule has 1 saturated carbocycles. The lowest BCUT2D eigenvalue weighted by Gasteiger charge is -2.28. The number of hydrogen-bond acceptors (Lipinski definition) is 2. The minimum atomic E-state index is 0.238. The maximum atomic E-state index is 6.07. The van der Waals surface area contributed by atoms with Gasteiger partial charge in [0.25, 0.3) is 0 Å². The van der Waals surface area contributed by atoms with Gasteiger partial charge in [-0.15, -0.1) is 0 Å². The SMILES string of the molecule is NNC(c1cccc(Cl)c1)C1CCCCCCC1. The fraction of sp³-hybridized carbons (Fsp3) is 0.600. The fourth-order valence-corrected chi connectivity index (χ4v) is 3.22. The molecular weight excluding hydrogens is 244 g/mol. The summed E-state index contributed by atoms with van der Waals surface area (Å²) in [5.74, 6) is 6.42. The molecular formula is C15H23ClN2. The number of hydrazine groups is 1. The number of halogens is 1. The van der Waals surface area contributed by atoms with Crippen molar-refractivity contribution < 1.29 is 0 Å². The predicted molar refractivity (Wildman–Crippen MR) is 77.3 cm³/mol. The minimum Gasteiger partial charge on any atom is -0.271 e. The first-order valence-electron chi connectivity index (χ1n) is 7.03. The Labute approximate surface area is 115 Å². The molecule has 0 bridgehead atoms. The van der Waals surface area contributed by atoms with E-state index in [-0.39, 0.29) is 6.04 Å². The van der Waals surface area contributed by atoms with Crippen molar-refractivity contribution in [3.63, 3.8) is 0 Å². The molecule has 0 saturated heterocycles. The quantitative estimate of drug-likeness (QED) is 0.635. The van der Waals surface area contributed by atoms with E-state index in [0.29, 0.717) is 5.92 Å². The second kappa shape index (κ2) is 7.13. The molecule has 1 aromatic rings. The lowest BCUT2D eigenvalue weighted by molar-refractivity contribution is 0.290. The van der Waals surface area contributed by atoms with Gasteiger partial charge < -0.3 is 0 Å². The molecule has 1 fully saturated rings. The lowest BCUT2D eigenvalue weighted by atomic mass is 9.83. The second-order valence-electron chi connectivity index (χ2n) is 5.30. The molecule has 0 aliphatic heterocycles. The molecule has 0 spiro atoms. The van der Waals surface area contributed by atoms with Crippen LogP contribution in [0.1, 0.15) is 56.6 Å². The Balaban J connectivity index is 2.10. The molecule has 1 atom stereocenters. The topological polar surface area (TPSA) is 38.0 Å². The van der Waals surface area contributed by atoms with Crippen LogP contribution in [0.5, 0.6) is 0 Å². The van der Waals surface area contributed by atoms with Gasteiger partial charge in [0.05, 0.1) is 0 Å². The fourth-order valence-electron chi connectivity index (χ4n) is 3.03. The van der Waals surface area contributed by atoms with Crippen molar-refractivity contribution in [1.29, 1.82) is 0 Å². The molecule has 2 nitrogen and oxygen atoms in total. The highest BCUT2D eigenvalue weighted by Crippen LogP contribution is 2.33. The van der Waals surface area contributed by atoms with Gasteiger partial charge in [-0.25, -0.2) is 0 Å². The Morgan fingerprint density at radius 3 is 2.39 bits per heavy atom. The summed E-state index contributed by atoms with van der Waals surface area (Å²) in [7, 11) is 0. The van der Waals surface area contributed by atoms with Gasteiger partial charge in [-0.3, -0.25) is 11.3 Å². The van der Waals surface area contributed by atoms with Crippen molar-refractivity contribution in [2.75, 3.05) is 0 Å². The minimum absolute atomic E-state index is 0.238. The summed E-state index contributed by atoms with van der Waals surface area (Å²) in [6.45, 7) is 0. The maximum absolute atomic E-state index is 6.07. The molecule has 3 N–H and O–H groups in total. The zero-order valence-electron chi connectivity index (χ0n) is 10.9. The Hall–Kier alpha value is -0.570. The molecule has 1 unspecified atom stereocenters. The van der Waals surface area contributed by atoms with Crippen LogP contribution in [0, 0.1) is 5.92 Å². The molecule has 0 radical (unpaired) electrons. The van der Waals surface area contributed by atoms with Crippen molar-refractivity contribution in [3.8, 4) is 0 Å². The van der Waals surface area contributed by atoms with E-state index < -0.39 is 0 Å². The smallest absolute Gasteiger partial charge is 0.0488 e. The molecule has 100 valence electrons. The molecule has 2 rings (SSSR count). The van der Waals surface area contributed by atoms with Crippen molar-refractivity contribution >= 4 is 11.6 Å². The van der Waals surface area contributed by atoms with Crippen molar-refractivity contribution in [2.45, 2.75) is 51.0 Å². The Morgan fingerprint density at radius 1 is 1.11 bits per heavy atom. The number of nitrogens with one attached hydrogen (secondary N) is 1. The standard InChI is InChI=1S/C15H23ClN2/c16-14-10-6-9-13(11-14)15(18-17)12-7-4-2-1-3-5-8-12/h6,9-12,15,18H,1-5,7-8,17H2. The van der Waals surface area contributed by atoms with Crippen LogP contribution in [0.3, 0.4) is 0 Å². The lowest BCUT2D eigenvalue weighted by Crippen LogP contribution is -2.34. The monoisotopic (exact) mass is 266 g/mol. The summed E-state index contributed by atoms with van der Waals surface area (Å²) < 4.78 is 0. The molecule has 1 aliphatic rings. The molecule has 18 heavy (non-hydrogen) atoms. The van der Waals surface area contributed by atoms with E-state index in [0.717, 1.165) is 5.02 Å². The summed E-state index contributed by atoms with van der Waals surface area (Å²) >= 11 is 6.07. The van der Waals surface area contributed by atoms with Gasteiger partial charge in [-0.1, -0.05) is 55.8 Å². The van der Waals surface area contributed by atoms with Gasteiger partial charge >= 0.3 is 0 Å². The summed E-state index contributed by atoms with van der Waals surface area (Å²) in [6, 6.07) is 8.31. The molecule has 1 aliphatic carbocycles. The molecule has 0 heterocycles. The molecule has 0 amide bonds. The van der Waals surface area contributed by atoms with Gasteiger partial charge in [-0.05, 0) is 36.5 Å². The molecule has 1 aromatic carbocycles. The van der Waals surface area contributed by atoms with Crippen molar-refractivity contribution in [1.82, 2.24) is 5.43 Å². The summed E-state index contributed by atoms with van der Waals surface area (Å²) in [6.07, 6.45) is 9.30. The van der Waals surface area contributed by atoms with Crippen LogP contribution in [0.4, 0.5) is 0 Å². The van der Waals surface area contributed by atoms with Gasteiger partial charge in [0.2, 0.25) is 0 Å². The predicted octanol–water partition coefficient (Wildman–Crippen LogP) is 4.20. The Bertz CT molecular complexity index is 359. The highest BCUT2D eigenvalue weighted by atomic mass is 35.5. The van der Waals surface area contributed by atoms with E-state index >= 15 is 0 Å². The zero-order chi connectivity index (χ0) is 12.8. The first-order valence-corrected chi connectivity index (χ1v) is 7.40. The van der Waals surface area contributed by atoms with Crippen LogP contribution in [0.25, 0.3) is 0 Å². The molecule has 0 aromatic heterocycles. The summed E-state index contributed by atoms with van der Waals surface area (Å²) in [5, 5.41) is 0.790. The van der Waals surface area contributed by atoms with Crippen LogP contribution in [-0.2, 0) is 0 Å². The third-order valence-electron chi connectivity index (χ3n) is 4.01. The van der Waals surface area contributed by atoms with Crippen LogP contribution >= 0.6 is 11.6 Å². The highest BCUT2D eigenvalue weighted by molar-refractivity contribution is 6.30. The average Bonchev–Trinajstić information content (AvgIpc) is 2.32. The normalized spacial score (nSPS) is 20.1. The van der Waals surface area contributed by atoms with E-state index in [9.17, 15) is 0 Å². The Morgan fingerprint density at radius 2 is 1.78 bits per heavy atom. The van der Waals surface area contributed by atoms with E-state index in [4.69, 9.17) is 17.4 Å². The number of rotatable bonds is 3. The summed E-state index contributed by atoms with van der Waals surface area (Å²) in [5.41, 5.74) is 4.22. The van der Waals surface area contributed by atoms with Crippen molar-refractivity contribution in [2.24, 2.45) is 11.8 Å². The van der Waals surface area contributed by atoms with E-state index in [1.54, 1.807) is 0 Å². The van der Waals surface area contributed by atoms with E-state index in [1.165, 1.54) is 50.5 Å². The molecule has 3 heteroatoms. The first-order chi connectivity index (χ1) is 8.81. The average molecular weight is 267 g/mol. The number of benzene rings is 1.